The van der Waals surface area contributed by atoms with Gasteiger partial charge in [-0.3, -0.25) is 9.59 Å². The monoisotopic (exact) mass is 427 g/mol. The van der Waals surface area contributed by atoms with Crippen molar-refractivity contribution in [3.63, 3.8) is 0 Å². The summed E-state index contributed by atoms with van der Waals surface area (Å²) in [5.41, 5.74) is 0.648. The minimum Gasteiger partial charge on any atom is -0.497 e. The van der Waals surface area contributed by atoms with Gasteiger partial charge in [-0.1, -0.05) is 6.08 Å². The zero-order valence-electron chi connectivity index (χ0n) is 17.1. The molecule has 9 heteroatoms. The number of benzene rings is 2. The average molecular weight is 427 g/mol. The molecule has 8 nitrogen and oxygen atoms in total. The molecule has 2 aromatic carbocycles. The summed E-state index contributed by atoms with van der Waals surface area (Å²) in [5.74, 6) is -0.571. The van der Waals surface area contributed by atoms with Crippen LogP contribution in [0.5, 0.6) is 11.5 Å². The maximum atomic E-state index is 13.2. The summed E-state index contributed by atoms with van der Waals surface area (Å²) in [6, 6.07) is 8.22. The molecule has 0 bridgehead atoms. The number of ether oxygens (including phenoxy) is 2. The molecular formula is C22H22FN3O5. The van der Waals surface area contributed by atoms with E-state index in [1.165, 1.54) is 37.3 Å². The molecule has 1 fully saturated rings. The molecule has 2 aromatic rings. The Morgan fingerprint density at radius 1 is 1.13 bits per heavy atom. The molecule has 1 aliphatic heterocycles. The number of carbonyl (C=O) groups excluding carboxylic acids is 3. The van der Waals surface area contributed by atoms with Crippen LogP contribution in [0.2, 0.25) is 0 Å². The number of halogens is 1. The number of hydrogen-bond acceptors (Lipinski definition) is 5. The van der Waals surface area contributed by atoms with Gasteiger partial charge in [0.15, 0.2) is 0 Å². The van der Waals surface area contributed by atoms with E-state index in [0.29, 0.717) is 17.2 Å². The fraction of sp³-hybridized carbons (Fsp3) is 0.227. The van der Waals surface area contributed by atoms with Crippen LogP contribution in [0, 0.1) is 5.82 Å². The van der Waals surface area contributed by atoms with E-state index in [0.717, 1.165) is 17.0 Å². The minimum absolute atomic E-state index is 0.0766. The Labute approximate surface area is 178 Å². The molecule has 0 radical (unpaired) electrons. The van der Waals surface area contributed by atoms with Gasteiger partial charge in [-0.2, -0.15) is 0 Å². The van der Waals surface area contributed by atoms with Crippen molar-refractivity contribution in [3.05, 3.63) is 60.9 Å². The standard InChI is InChI=1S/C22H22FN3O5/c1-4-9-25-19(21(28)26(22(25)29)16-7-5-14(23)6-8-16)13-20(27)24-15-10-17(30-2)12-18(11-15)31-3/h4-8,10-12,19H,1,9,13H2,2-3H3,(H,24,27)/t19-/m1/s1. The second-order valence-electron chi connectivity index (χ2n) is 6.74. The lowest BCUT2D eigenvalue weighted by molar-refractivity contribution is -0.124. The summed E-state index contributed by atoms with van der Waals surface area (Å²) in [4.78, 5) is 40.7. The Kier molecular flexibility index (Phi) is 6.54. The first-order valence-corrected chi connectivity index (χ1v) is 9.42. The summed E-state index contributed by atoms with van der Waals surface area (Å²) in [7, 11) is 2.97. The van der Waals surface area contributed by atoms with Crippen LogP contribution < -0.4 is 19.7 Å². The van der Waals surface area contributed by atoms with E-state index in [1.807, 2.05) is 0 Å². The van der Waals surface area contributed by atoms with Crippen molar-refractivity contribution in [3.8, 4) is 11.5 Å². The van der Waals surface area contributed by atoms with Crippen LogP contribution in [0.4, 0.5) is 20.6 Å². The van der Waals surface area contributed by atoms with Crippen LogP contribution in [0.1, 0.15) is 6.42 Å². The highest BCUT2D eigenvalue weighted by Crippen LogP contribution is 2.29. The van der Waals surface area contributed by atoms with Crippen LogP contribution in [-0.4, -0.2) is 49.6 Å². The lowest BCUT2D eigenvalue weighted by Crippen LogP contribution is -2.38. The third-order valence-corrected chi connectivity index (χ3v) is 4.74. The molecule has 0 spiro atoms. The summed E-state index contributed by atoms with van der Waals surface area (Å²) >= 11 is 0. The molecule has 1 saturated heterocycles. The van der Waals surface area contributed by atoms with Crippen LogP contribution in [-0.2, 0) is 9.59 Å². The predicted molar refractivity (Wildman–Crippen MR) is 113 cm³/mol. The minimum atomic E-state index is -1.02. The van der Waals surface area contributed by atoms with Gasteiger partial charge in [0.05, 0.1) is 26.3 Å². The van der Waals surface area contributed by atoms with E-state index in [9.17, 15) is 18.8 Å². The normalized spacial score (nSPS) is 15.8. The number of urea groups is 1. The smallest absolute Gasteiger partial charge is 0.332 e. The van der Waals surface area contributed by atoms with Gasteiger partial charge in [-0.05, 0) is 24.3 Å². The number of hydrogen-bond donors (Lipinski definition) is 1. The molecule has 162 valence electrons. The average Bonchev–Trinajstić information content (AvgIpc) is 2.98. The summed E-state index contributed by atoms with van der Waals surface area (Å²) in [6.07, 6.45) is 1.20. The first kappa shape index (κ1) is 21.8. The number of nitrogens with one attached hydrogen (secondary N) is 1. The third-order valence-electron chi connectivity index (χ3n) is 4.74. The van der Waals surface area contributed by atoms with Gasteiger partial charge in [-0.15, -0.1) is 6.58 Å². The van der Waals surface area contributed by atoms with E-state index in [2.05, 4.69) is 11.9 Å². The molecule has 1 aliphatic rings. The number of imide groups is 1. The van der Waals surface area contributed by atoms with E-state index in [-0.39, 0.29) is 18.7 Å². The van der Waals surface area contributed by atoms with Crippen LogP contribution in [0.25, 0.3) is 0 Å². The van der Waals surface area contributed by atoms with Gasteiger partial charge in [0, 0.05) is 30.4 Å². The number of nitrogens with zero attached hydrogens (tertiary/aromatic N) is 2. The highest BCUT2D eigenvalue weighted by atomic mass is 19.1. The highest BCUT2D eigenvalue weighted by Gasteiger charge is 2.46. The quantitative estimate of drug-likeness (QED) is 0.516. The number of amides is 4. The van der Waals surface area contributed by atoms with Crippen LogP contribution >= 0.6 is 0 Å². The second kappa shape index (κ2) is 9.29. The fourth-order valence-electron chi connectivity index (χ4n) is 3.28. The van der Waals surface area contributed by atoms with Gasteiger partial charge in [0.2, 0.25) is 5.91 Å². The number of anilines is 2. The number of rotatable bonds is 8. The van der Waals surface area contributed by atoms with Gasteiger partial charge in [0.25, 0.3) is 5.91 Å². The van der Waals surface area contributed by atoms with Crippen molar-refractivity contribution in [2.75, 3.05) is 31.0 Å². The Balaban J connectivity index is 1.80. The molecular weight excluding hydrogens is 405 g/mol. The molecule has 1 atom stereocenters. The molecule has 0 aromatic heterocycles. The number of methoxy groups -OCH3 is 2. The largest absolute Gasteiger partial charge is 0.497 e. The lowest BCUT2D eigenvalue weighted by Gasteiger charge is -2.19. The SMILES string of the molecule is C=CCN1C(=O)N(c2ccc(F)cc2)C(=O)[C@H]1CC(=O)Nc1cc(OC)cc(OC)c1. The van der Waals surface area contributed by atoms with Crippen LogP contribution in [0.3, 0.4) is 0 Å². The van der Waals surface area contributed by atoms with Gasteiger partial charge >= 0.3 is 6.03 Å². The molecule has 0 aliphatic carbocycles. The lowest BCUT2D eigenvalue weighted by atomic mass is 10.1. The van der Waals surface area contributed by atoms with E-state index < -0.39 is 29.7 Å². The molecule has 31 heavy (non-hydrogen) atoms. The van der Waals surface area contributed by atoms with Gasteiger partial charge in [0.1, 0.15) is 23.4 Å². The molecule has 0 saturated carbocycles. The zero-order valence-corrected chi connectivity index (χ0v) is 17.1. The maximum absolute atomic E-state index is 13.2. The summed E-state index contributed by atoms with van der Waals surface area (Å²) in [6.45, 7) is 3.69. The molecule has 4 amide bonds. The maximum Gasteiger partial charge on any atom is 0.332 e. The van der Waals surface area contributed by atoms with Gasteiger partial charge < -0.3 is 19.7 Å². The Hall–Kier alpha value is -3.88. The Bertz CT molecular complexity index is 986. The predicted octanol–water partition coefficient (Wildman–Crippen LogP) is 3.19. The molecule has 3 rings (SSSR count). The zero-order chi connectivity index (χ0) is 22.5. The Morgan fingerprint density at radius 2 is 1.74 bits per heavy atom. The van der Waals surface area contributed by atoms with Crippen molar-refractivity contribution in [2.45, 2.75) is 12.5 Å². The van der Waals surface area contributed by atoms with Crippen molar-refractivity contribution in [1.82, 2.24) is 4.90 Å². The van der Waals surface area contributed by atoms with Crippen LogP contribution in [0.15, 0.2) is 55.1 Å². The van der Waals surface area contributed by atoms with Crippen molar-refractivity contribution < 1.29 is 28.2 Å². The fourth-order valence-corrected chi connectivity index (χ4v) is 3.28. The van der Waals surface area contributed by atoms with E-state index >= 15 is 0 Å². The third kappa shape index (κ3) is 4.66. The molecule has 0 unspecified atom stereocenters. The summed E-state index contributed by atoms with van der Waals surface area (Å²) < 4.78 is 23.6. The topological polar surface area (TPSA) is 88.2 Å². The number of carbonyl (C=O) groups is 3. The molecule has 1 N–H and O–H groups in total. The van der Waals surface area contributed by atoms with E-state index in [1.54, 1.807) is 18.2 Å². The highest BCUT2D eigenvalue weighted by molar-refractivity contribution is 6.22. The van der Waals surface area contributed by atoms with E-state index in [4.69, 9.17) is 9.47 Å². The van der Waals surface area contributed by atoms with Gasteiger partial charge in [-0.25, -0.2) is 14.1 Å². The summed E-state index contributed by atoms with van der Waals surface area (Å²) in [5, 5.41) is 2.70. The first-order chi connectivity index (χ1) is 14.9. The van der Waals surface area contributed by atoms with Crippen molar-refractivity contribution >= 4 is 29.2 Å². The second-order valence-corrected chi connectivity index (χ2v) is 6.74. The Morgan fingerprint density at radius 3 is 2.29 bits per heavy atom. The molecule has 1 heterocycles. The first-order valence-electron chi connectivity index (χ1n) is 9.42. The van der Waals surface area contributed by atoms with Crippen molar-refractivity contribution in [1.29, 1.82) is 0 Å². The van der Waals surface area contributed by atoms with Crippen molar-refractivity contribution in [2.24, 2.45) is 0 Å².